The third-order valence-electron chi connectivity index (χ3n) is 5.05. The van der Waals surface area contributed by atoms with E-state index in [0.717, 1.165) is 11.4 Å². The molecule has 2 aromatic carbocycles. The van der Waals surface area contributed by atoms with E-state index in [1.807, 2.05) is 79.3 Å². The van der Waals surface area contributed by atoms with Crippen LogP contribution in [0.2, 0.25) is 0 Å². The molecule has 0 N–H and O–H groups in total. The van der Waals surface area contributed by atoms with Crippen LogP contribution in [0.1, 0.15) is 24.4 Å². The van der Waals surface area contributed by atoms with E-state index in [4.69, 9.17) is 9.47 Å². The summed E-state index contributed by atoms with van der Waals surface area (Å²) in [4.78, 5) is 19.6. The Balaban J connectivity index is 1.61. The van der Waals surface area contributed by atoms with E-state index in [-0.39, 0.29) is 18.6 Å². The van der Waals surface area contributed by atoms with Gasteiger partial charge in [-0.15, -0.1) is 0 Å². The molecule has 144 valence electrons. The van der Waals surface area contributed by atoms with Crippen molar-refractivity contribution in [2.45, 2.75) is 25.6 Å². The van der Waals surface area contributed by atoms with Gasteiger partial charge in [0, 0.05) is 19.4 Å². The maximum atomic E-state index is 13.4. The third kappa shape index (κ3) is 3.58. The molecule has 0 aliphatic carbocycles. The number of rotatable bonds is 5. The number of aryl methyl sites for hydroxylation is 1. The summed E-state index contributed by atoms with van der Waals surface area (Å²) in [6, 6.07) is 17.3. The Morgan fingerprint density at radius 1 is 1.18 bits per heavy atom. The highest BCUT2D eigenvalue weighted by Crippen LogP contribution is 2.32. The second-order valence-electron chi connectivity index (χ2n) is 6.87. The van der Waals surface area contributed by atoms with Gasteiger partial charge >= 0.3 is 0 Å². The van der Waals surface area contributed by atoms with E-state index < -0.39 is 6.10 Å². The van der Waals surface area contributed by atoms with Gasteiger partial charge < -0.3 is 18.9 Å². The van der Waals surface area contributed by atoms with E-state index in [1.165, 1.54) is 0 Å². The molecule has 28 heavy (non-hydrogen) atoms. The minimum atomic E-state index is -0.693. The number of hydrogen-bond acceptors (Lipinski definition) is 4. The van der Waals surface area contributed by atoms with Gasteiger partial charge in [-0.2, -0.15) is 0 Å². The standard InChI is InChI=1S/C22H23N3O3/c1-16(17-8-4-3-5-9-17)25(14-21-23-12-13-24(21)2)22(26)20-15-27-18-10-6-7-11-19(18)28-20/h3-13,16,20H,14-15H2,1-2H3/t16-,20+/m0/s1. The second-order valence-corrected chi connectivity index (χ2v) is 6.87. The topological polar surface area (TPSA) is 56.6 Å². The fourth-order valence-electron chi connectivity index (χ4n) is 3.34. The van der Waals surface area contributed by atoms with Crippen molar-refractivity contribution < 1.29 is 14.3 Å². The number of ether oxygens (including phenoxy) is 2. The predicted octanol–water partition coefficient (Wildman–Crippen LogP) is 3.35. The van der Waals surface area contributed by atoms with Crippen LogP contribution < -0.4 is 9.47 Å². The van der Waals surface area contributed by atoms with Gasteiger partial charge in [-0.25, -0.2) is 4.98 Å². The predicted molar refractivity (Wildman–Crippen MR) is 105 cm³/mol. The van der Waals surface area contributed by atoms with E-state index in [2.05, 4.69) is 4.98 Å². The first-order valence-electron chi connectivity index (χ1n) is 9.33. The molecular formula is C22H23N3O3. The molecule has 1 aliphatic rings. The Bertz CT molecular complexity index is 954. The Morgan fingerprint density at radius 2 is 1.89 bits per heavy atom. The van der Waals surface area contributed by atoms with Gasteiger partial charge in [0.2, 0.25) is 6.10 Å². The SMILES string of the molecule is C[C@@H](c1ccccc1)N(Cc1nccn1C)C(=O)[C@H]1COc2ccccc2O1. The molecule has 1 amide bonds. The molecule has 0 saturated carbocycles. The van der Waals surface area contributed by atoms with Crippen LogP contribution in [0.15, 0.2) is 67.0 Å². The highest BCUT2D eigenvalue weighted by Gasteiger charge is 2.34. The van der Waals surface area contributed by atoms with Crippen LogP contribution in [0.3, 0.4) is 0 Å². The molecule has 2 heterocycles. The van der Waals surface area contributed by atoms with Crippen molar-refractivity contribution in [1.29, 1.82) is 0 Å². The largest absolute Gasteiger partial charge is 0.485 e. The average Bonchev–Trinajstić information content (AvgIpc) is 3.15. The highest BCUT2D eigenvalue weighted by atomic mass is 16.6. The zero-order valence-electron chi connectivity index (χ0n) is 16.0. The Hall–Kier alpha value is -3.28. The summed E-state index contributed by atoms with van der Waals surface area (Å²) in [7, 11) is 1.93. The van der Waals surface area contributed by atoms with Crippen molar-refractivity contribution in [1.82, 2.24) is 14.5 Å². The number of carbonyl (C=O) groups is 1. The molecule has 1 aliphatic heterocycles. The first-order valence-corrected chi connectivity index (χ1v) is 9.33. The number of nitrogens with zero attached hydrogens (tertiary/aromatic N) is 3. The van der Waals surface area contributed by atoms with E-state index in [0.29, 0.717) is 18.0 Å². The highest BCUT2D eigenvalue weighted by molar-refractivity contribution is 5.82. The van der Waals surface area contributed by atoms with Crippen LogP contribution in [-0.2, 0) is 18.4 Å². The van der Waals surface area contributed by atoms with E-state index in [9.17, 15) is 4.79 Å². The molecule has 6 nitrogen and oxygen atoms in total. The molecule has 3 aromatic rings. The van der Waals surface area contributed by atoms with Crippen LogP contribution in [0.25, 0.3) is 0 Å². The maximum Gasteiger partial charge on any atom is 0.268 e. The van der Waals surface area contributed by atoms with Gasteiger partial charge in [-0.1, -0.05) is 42.5 Å². The fourth-order valence-corrected chi connectivity index (χ4v) is 3.34. The lowest BCUT2D eigenvalue weighted by atomic mass is 10.1. The molecule has 0 unspecified atom stereocenters. The summed E-state index contributed by atoms with van der Waals surface area (Å²) >= 11 is 0. The lowest BCUT2D eigenvalue weighted by Crippen LogP contribution is -2.47. The number of fused-ring (bicyclic) bond motifs is 1. The number of benzene rings is 2. The van der Waals surface area contributed by atoms with E-state index in [1.54, 1.807) is 11.1 Å². The molecule has 0 fully saturated rings. The summed E-state index contributed by atoms with van der Waals surface area (Å²) in [5, 5.41) is 0. The Kier molecular flexibility index (Phi) is 5.02. The smallest absolute Gasteiger partial charge is 0.268 e. The molecule has 0 radical (unpaired) electrons. The normalized spacial score (nSPS) is 16.4. The first-order chi connectivity index (χ1) is 13.6. The van der Waals surface area contributed by atoms with Crippen LogP contribution in [-0.4, -0.2) is 33.1 Å². The van der Waals surface area contributed by atoms with Gasteiger partial charge in [0.25, 0.3) is 5.91 Å². The summed E-state index contributed by atoms with van der Waals surface area (Å²) in [5.41, 5.74) is 1.06. The summed E-state index contributed by atoms with van der Waals surface area (Å²) < 4.78 is 13.6. The minimum Gasteiger partial charge on any atom is -0.485 e. The van der Waals surface area contributed by atoms with Crippen LogP contribution in [0, 0.1) is 0 Å². The molecule has 2 atom stereocenters. The lowest BCUT2D eigenvalue weighted by Gasteiger charge is -2.34. The van der Waals surface area contributed by atoms with E-state index >= 15 is 0 Å². The van der Waals surface area contributed by atoms with Crippen molar-refractivity contribution >= 4 is 5.91 Å². The number of aromatic nitrogens is 2. The first kappa shape index (κ1) is 18.1. The molecule has 1 aromatic heterocycles. The van der Waals surface area contributed by atoms with Crippen molar-refractivity contribution in [3.05, 3.63) is 78.4 Å². The van der Waals surface area contributed by atoms with Crippen molar-refractivity contribution in [2.24, 2.45) is 7.05 Å². The van der Waals surface area contributed by atoms with Gasteiger partial charge in [0.1, 0.15) is 12.4 Å². The number of carbonyl (C=O) groups excluding carboxylic acids is 1. The third-order valence-corrected chi connectivity index (χ3v) is 5.05. The fraction of sp³-hybridized carbons (Fsp3) is 0.273. The van der Waals surface area contributed by atoms with Crippen LogP contribution in [0.4, 0.5) is 0 Å². The van der Waals surface area contributed by atoms with Gasteiger partial charge in [0.05, 0.1) is 12.6 Å². The maximum absolute atomic E-state index is 13.4. The molecule has 0 bridgehead atoms. The van der Waals surface area contributed by atoms with Gasteiger partial charge in [0.15, 0.2) is 11.5 Å². The average molecular weight is 377 g/mol. The zero-order valence-corrected chi connectivity index (χ0v) is 16.0. The van der Waals surface area contributed by atoms with Crippen molar-refractivity contribution in [3.8, 4) is 11.5 Å². The summed E-state index contributed by atoms with van der Waals surface area (Å²) in [6.07, 6.45) is 2.92. The number of para-hydroxylation sites is 2. The van der Waals surface area contributed by atoms with Crippen LogP contribution >= 0.6 is 0 Å². The number of amides is 1. The minimum absolute atomic E-state index is 0.117. The zero-order chi connectivity index (χ0) is 19.5. The number of hydrogen-bond donors (Lipinski definition) is 0. The second kappa shape index (κ2) is 7.76. The van der Waals surface area contributed by atoms with Crippen molar-refractivity contribution in [2.75, 3.05) is 6.61 Å². The molecular weight excluding hydrogens is 354 g/mol. The monoisotopic (exact) mass is 377 g/mol. The molecule has 0 saturated heterocycles. The number of imidazole rings is 1. The van der Waals surface area contributed by atoms with Gasteiger partial charge in [-0.3, -0.25) is 4.79 Å². The molecule has 4 rings (SSSR count). The summed E-state index contributed by atoms with van der Waals surface area (Å²) in [6.45, 7) is 2.60. The molecule has 0 spiro atoms. The molecule has 6 heteroatoms. The lowest BCUT2D eigenvalue weighted by molar-refractivity contribution is -0.144. The Morgan fingerprint density at radius 3 is 2.61 bits per heavy atom. The Labute approximate surface area is 164 Å². The quantitative estimate of drug-likeness (QED) is 0.684. The van der Waals surface area contributed by atoms with Crippen molar-refractivity contribution in [3.63, 3.8) is 0 Å². The van der Waals surface area contributed by atoms with Crippen LogP contribution in [0.5, 0.6) is 11.5 Å². The summed E-state index contributed by atoms with van der Waals surface area (Å²) in [5.74, 6) is 1.96. The van der Waals surface area contributed by atoms with Gasteiger partial charge in [-0.05, 0) is 24.6 Å².